The van der Waals surface area contributed by atoms with Gasteiger partial charge in [-0.1, -0.05) is 13.0 Å². The summed E-state index contributed by atoms with van der Waals surface area (Å²) in [5.74, 6) is 0.889. The van der Waals surface area contributed by atoms with E-state index in [2.05, 4.69) is 18.3 Å². The third-order valence-electron chi connectivity index (χ3n) is 2.69. The number of carbonyl (C=O) groups excluding carboxylic acids is 1. The minimum absolute atomic E-state index is 0.0558. The van der Waals surface area contributed by atoms with Crippen LogP contribution in [0.4, 0.5) is 0 Å². The van der Waals surface area contributed by atoms with Gasteiger partial charge in [0.15, 0.2) is 0 Å². The normalized spacial score (nSPS) is 10.0. The average Bonchev–Trinajstić information content (AvgIpc) is 2.29. The molecule has 88 valence electrons. The highest BCUT2D eigenvalue weighted by Crippen LogP contribution is 2.22. The predicted octanol–water partition coefficient (Wildman–Crippen LogP) is 2.34. The first-order valence-electron chi connectivity index (χ1n) is 5.49. The van der Waals surface area contributed by atoms with Crippen LogP contribution in [0.2, 0.25) is 0 Å². The molecular formula is C13H19NO2. The Balaban J connectivity index is 2.86. The van der Waals surface area contributed by atoms with Gasteiger partial charge in [-0.2, -0.15) is 0 Å². The van der Waals surface area contributed by atoms with Crippen LogP contribution < -0.4 is 10.1 Å². The van der Waals surface area contributed by atoms with Crippen LogP contribution >= 0.6 is 0 Å². The lowest BCUT2D eigenvalue weighted by atomic mass is 10.0. The summed E-state index contributed by atoms with van der Waals surface area (Å²) in [6.45, 7) is 6.47. The van der Waals surface area contributed by atoms with Gasteiger partial charge in [0.05, 0.1) is 7.11 Å². The number of aryl methyl sites for hydroxylation is 2. The average molecular weight is 221 g/mol. The molecule has 3 nitrogen and oxygen atoms in total. The Bertz CT molecular complexity index is 386. The number of rotatable bonds is 4. The molecular weight excluding hydrogens is 202 g/mol. The molecule has 0 aliphatic heterocycles. The van der Waals surface area contributed by atoms with Crippen molar-refractivity contribution in [3.05, 3.63) is 28.8 Å². The van der Waals surface area contributed by atoms with Crippen molar-refractivity contribution in [2.75, 3.05) is 7.11 Å². The van der Waals surface area contributed by atoms with E-state index in [1.807, 2.05) is 19.9 Å². The van der Waals surface area contributed by atoms with Crippen molar-refractivity contribution in [2.45, 2.75) is 33.7 Å². The Morgan fingerprint density at radius 2 is 1.94 bits per heavy atom. The van der Waals surface area contributed by atoms with Crippen molar-refractivity contribution >= 4 is 5.91 Å². The maximum atomic E-state index is 11.2. The van der Waals surface area contributed by atoms with E-state index < -0.39 is 0 Å². The Morgan fingerprint density at radius 3 is 2.50 bits per heavy atom. The largest absolute Gasteiger partial charge is 0.496 e. The van der Waals surface area contributed by atoms with Crippen LogP contribution in [0.5, 0.6) is 5.75 Å². The molecule has 1 N–H and O–H groups in total. The van der Waals surface area contributed by atoms with Gasteiger partial charge in [0.25, 0.3) is 0 Å². The van der Waals surface area contributed by atoms with Gasteiger partial charge in [-0.15, -0.1) is 0 Å². The van der Waals surface area contributed by atoms with Crippen LogP contribution in [0.1, 0.15) is 30.0 Å². The second-order valence-corrected chi connectivity index (χ2v) is 3.88. The molecule has 0 aromatic heterocycles. The second-order valence-electron chi connectivity index (χ2n) is 3.88. The number of amides is 1. The van der Waals surface area contributed by atoms with Crippen LogP contribution in [0.15, 0.2) is 12.1 Å². The Hall–Kier alpha value is -1.51. The lowest BCUT2D eigenvalue weighted by molar-refractivity contribution is -0.120. The number of ether oxygens (including phenoxy) is 1. The zero-order valence-corrected chi connectivity index (χ0v) is 10.4. The Morgan fingerprint density at radius 1 is 1.31 bits per heavy atom. The minimum Gasteiger partial charge on any atom is -0.496 e. The number of carbonyl (C=O) groups is 1. The van der Waals surface area contributed by atoms with Crippen LogP contribution in [-0.2, 0) is 11.3 Å². The molecule has 0 heterocycles. The summed E-state index contributed by atoms with van der Waals surface area (Å²) in [5.41, 5.74) is 3.43. The topological polar surface area (TPSA) is 38.3 Å². The standard InChI is InChI=1S/C13H19NO2/c1-5-13(15)14-8-11-6-9(2)10(3)7-12(11)16-4/h6-7H,5,8H2,1-4H3,(H,14,15). The number of benzene rings is 1. The first-order chi connectivity index (χ1) is 7.58. The van der Waals surface area contributed by atoms with Gasteiger partial charge < -0.3 is 10.1 Å². The monoisotopic (exact) mass is 221 g/mol. The van der Waals surface area contributed by atoms with E-state index in [1.54, 1.807) is 7.11 Å². The third-order valence-corrected chi connectivity index (χ3v) is 2.69. The fourth-order valence-corrected chi connectivity index (χ4v) is 1.50. The molecule has 1 rings (SSSR count). The first kappa shape index (κ1) is 12.6. The van der Waals surface area contributed by atoms with E-state index in [1.165, 1.54) is 11.1 Å². The summed E-state index contributed by atoms with van der Waals surface area (Å²) in [5, 5.41) is 2.85. The molecule has 1 amide bonds. The summed E-state index contributed by atoms with van der Waals surface area (Å²) >= 11 is 0. The van der Waals surface area contributed by atoms with Gasteiger partial charge in [0, 0.05) is 18.5 Å². The van der Waals surface area contributed by atoms with Crippen LogP contribution in [0.25, 0.3) is 0 Å². The van der Waals surface area contributed by atoms with Gasteiger partial charge in [-0.3, -0.25) is 4.79 Å². The molecule has 0 aliphatic carbocycles. The van der Waals surface area contributed by atoms with Gasteiger partial charge in [0.2, 0.25) is 5.91 Å². The minimum atomic E-state index is 0.0558. The summed E-state index contributed by atoms with van der Waals surface area (Å²) in [6.07, 6.45) is 0.507. The van der Waals surface area contributed by atoms with Crippen molar-refractivity contribution < 1.29 is 9.53 Å². The van der Waals surface area contributed by atoms with E-state index in [0.29, 0.717) is 13.0 Å². The van der Waals surface area contributed by atoms with Crippen molar-refractivity contribution in [2.24, 2.45) is 0 Å². The highest BCUT2D eigenvalue weighted by Gasteiger charge is 2.06. The van der Waals surface area contributed by atoms with Gasteiger partial charge in [0.1, 0.15) is 5.75 Å². The van der Waals surface area contributed by atoms with Crippen LogP contribution in [0.3, 0.4) is 0 Å². The van der Waals surface area contributed by atoms with E-state index in [9.17, 15) is 4.79 Å². The lowest BCUT2D eigenvalue weighted by Gasteiger charge is -2.12. The molecule has 1 aromatic rings. The van der Waals surface area contributed by atoms with E-state index in [4.69, 9.17) is 4.74 Å². The number of hydrogen-bond acceptors (Lipinski definition) is 2. The molecule has 0 aliphatic rings. The fraction of sp³-hybridized carbons (Fsp3) is 0.462. The molecule has 0 unspecified atom stereocenters. The maximum absolute atomic E-state index is 11.2. The first-order valence-corrected chi connectivity index (χ1v) is 5.49. The van der Waals surface area contributed by atoms with E-state index in [-0.39, 0.29) is 5.91 Å². The smallest absolute Gasteiger partial charge is 0.219 e. The fourth-order valence-electron chi connectivity index (χ4n) is 1.50. The summed E-state index contributed by atoms with van der Waals surface area (Å²) in [6, 6.07) is 4.06. The summed E-state index contributed by atoms with van der Waals surface area (Å²) in [4.78, 5) is 11.2. The third kappa shape index (κ3) is 2.99. The lowest BCUT2D eigenvalue weighted by Crippen LogP contribution is -2.21. The van der Waals surface area contributed by atoms with Crippen LogP contribution in [-0.4, -0.2) is 13.0 Å². The van der Waals surface area contributed by atoms with Crippen molar-refractivity contribution in [3.8, 4) is 5.75 Å². The highest BCUT2D eigenvalue weighted by molar-refractivity contribution is 5.75. The molecule has 0 saturated carbocycles. The van der Waals surface area contributed by atoms with Crippen molar-refractivity contribution in [3.63, 3.8) is 0 Å². The van der Waals surface area contributed by atoms with E-state index in [0.717, 1.165) is 11.3 Å². The van der Waals surface area contributed by atoms with Gasteiger partial charge in [-0.05, 0) is 31.0 Å². The molecule has 0 spiro atoms. The van der Waals surface area contributed by atoms with Gasteiger partial charge in [-0.25, -0.2) is 0 Å². The molecule has 1 aromatic carbocycles. The molecule has 0 atom stereocenters. The number of hydrogen-bond donors (Lipinski definition) is 1. The zero-order valence-electron chi connectivity index (χ0n) is 10.4. The van der Waals surface area contributed by atoms with Crippen molar-refractivity contribution in [1.82, 2.24) is 5.32 Å². The van der Waals surface area contributed by atoms with Crippen LogP contribution in [0, 0.1) is 13.8 Å². The molecule has 0 saturated heterocycles. The van der Waals surface area contributed by atoms with Gasteiger partial charge >= 0.3 is 0 Å². The predicted molar refractivity (Wildman–Crippen MR) is 64.6 cm³/mol. The molecule has 0 fully saturated rings. The SMILES string of the molecule is CCC(=O)NCc1cc(C)c(C)cc1OC. The zero-order chi connectivity index (χ0) is 12.1. The quantitative estimate of drug-likeness (QED) is 0.847. The second kappa shape index (κ2) is 5.54. The molecule has 0 radical (unpaired) electrons. The highest BCUT2D eigenvalue weighted by atomic mass is 16.5. The summed E-state index contributed by atoms with van der Waals surface area (Å²) < 4.78 is 5.30. The number of nitrogens with one attached hydrogen (secondary N) is 1. The molecule has 0 bridgehead atoms. The Kier molecular flexibility index (Phi) is 4.35. The maximum Gasteiger partial charge on any atom is 0.219 e. The van der Waals surface area contributed by atoms with Crippen molar-refractivity contribution in [1.29, 1.82) is 0 Å². The molecule has 16 heavy (non-hydrogen) atoms. The Labute approximate surface area is 96.8 Å². The number of methoxy groups -OCH3 is 1. The molecule has 3 heteroatoms. The van der Waals surface area contributed by atoms with E-state index >= 15 is 0 Å². The summed E-state index contributed by atoms with van der Waals surface area (Å²) in [7, 11) is 1.65.